The number of ether oxygens (including phenoxy) is 8. The SMILES string of the molecule is C[C@@H]1CC[C@@]2(OC1)O[C@H]1C[C@H]3[C@@H]4CC=C5C[C@@H](O[C@@H]6O[C@H](CO)[C@@H](O)[C@H](O[C@@H]7O[C@@H](C)[C@H](O)[C@@H](O)[C@H]7O)[C@H]6O[C@@H]6O[C@@H](C)[C@H](O)[C@@H](O)[C@H]6O)CC[C@]5(C)[C@H]4CC[C@]3(C)[C@H]1[C@@H]2C. The molecule has 0 aromatic rings. The van der Waals surface area contributed by atoms with Crippen LogP contribution in [0, 0.1) is 46.3 Å². The zero-order valence-corrected chi connectivity index (χ0v) is 36.5. The molecule has 0 aromatic carbocycles. The molecule has 5 saturated heterocycles. The van der Waals surface area contributed by atoms with Crippen molar-refractivity contribution in [1.82, 2.24) is 0 Å². The zero-order chi connectivity index (χ0) is 43.5. The molecule has 5 aliphatic heterocycles. The molecule has 1 spiro atoms. The Morgan fingerprint density at radius 3 is 1.97 bits per heavy atom. The molecule has 16 heteroatoms. The summed E-state index contributed by atoms with van der Waals surface area (Å²) in [6.07, 6.45) is -10.6. The quantitative estimate of drug-likeness (QED) is 0.168. The smallest absolute Gasteiger partial charge is 0.187 e. The standard InChI is InChI=1S/C45H72O16/c1-19-9-14-45(54-18-19)20(2)30-28(61-45)16-27-25-8-7-23-15-24(10-12-43(23,5)26(25)11-13-44(27,30)6)57-42-39(60-41-37(53)35(51)32(48)22(4)56-41)38(33(49)29(17-46)58-42)59-40-36(52)34(50)31(47)21(3)55-40/h7,19-22,24-42,46-53H,8-18H2,1-6H3/t19-,20+,21+,22+,24+,25-,26+,27+,28+,29-,30+,31+,32+,33-,34-,35-,36-,37-,38+,39-,40+,41+,42-,43+,44+,45-/m1/s1. The third kappa shape index (κ3) is 7.42. The highest BCUT2D eigenvalue weighted by Gasteiger charge is 2.69. The average Bonchev–Trinajstić information content (AvgIpc) is 3.69. The van der Waals surface area contributed by atoms with Gasteiger partial charge in [-0.3, -0.25) is 0 Å². The number of rotatable bonds is 7. The molecule has 5 heterocycles. The van der Waals surface area contributed by atoms with Gasteiger partial charge in [0.2, 0.25) is 0 Å². The van der Waals surface area contributed by atoms with E-state index in [4.69, 9.17) is 37.9 Å². The molecule has 8 fully saturated rings. The van der Waals surface area contributed by atoms with Crippen molar-refractivity contribution in [3.63, 3.8) is 0 Å². The Morgan fingerprint density at radius 1 is 0.689 bits per heavy atom. The van der Waals surface area contributed by atoms with E-state index in [1.54, 1.807) is 0 Å². The van der Waals surface area contributed by atoms with Crippen LogP contribution >= 0.6 is 0 Å². The Hall–Kier alpha value is -0.900. The fraction of sp³-hybridized carbons (Fsp3) is 0.956. The topological polar surface area (TPSA) is 236 Å². The minimum atomic E-state index is -1.73. The Morgan fingerprint density at radius 2 is 1.34 bits per heavy atom. The van der Waals surface area contributed by atoms with Gasteiger partial charge in [-0.1, -0.05) is 39.3 Å². The molecule has 348 valence electrons. The van der Waals surface area contributed by atoms with Crippen molar-refractivity contribution in [3.05, 3.63) is 11.6 Å². The van der Waals surface area contributed by atoms with Crippen LogP contribution in [0.5, 0.6) is 0 Å². The van der Waals surface area contributed by atoms with Crippen LogP contribution in [0.1, 0.15) is 99.3 Å². The summed E-state index contributed by atoms with van der Waals surface area (Å²) in [7, 11) is 0. The second-order valence-corrected chi connectivity index (χ2v) is 21.1. The summed E-state index contributed by atoms with van der Waals surface area (Å²) in [4.78, 5) is 0. The summed E-state index contributed by atoms with van der Waals surface area (Å²) in [5, 5.41) is 85.9. The molecular weight excluding hydrogens is 796 g/mol. The molecule has 61 heavy (non-hydrogen) atoms. The minimum absolute atomic E-state index is 0.0272. The van der Waals surface area contributed by atoms with E-state index >= 15 is 0 Å². The Labute approximate surface area is 358 Å². The molecule has 0 unspecified atom stereocenters. The molecule has 0 aromatic heterocycles. The lowest BCUT2D eigenvalue weighted by molar-refractivity contribution is -0.393. The van der Waals surface area contributed by atoms with Gasteiger partial charge < -0.3 is 78.7 Å². The van der Waals surface area contributed by atoms with E-state index < -0.39 is 105 Å². The van der Waals surface area contributed by atoms with Crippen molar-refractivity contribution in [2.75, 3.05) is 13.2 Å². The van der Waals surface area contributed by atoms with Crippen LogP contribution in [0.3, 0.4) is 0 Å². The average molecular weight is 869 g/mol. The maximum Gasteiger partial charge on any atom is 0.187 e. The van der Waals surface area contributed by atoms with E-state index in [2.05, 4.69) is 33.8 Å². The zero-order valence-electron chi connectivity index (χ0n) is 36.5. The van der Waals surface area contributed by atoms with Crippen LogP contribution in [0.25, 0.3) is 0 Å². The molecule has 0 amide bonds. The highest BCUT2D eigenvalue weighted by molar-refractivity contribution is 5.26. The van der Waals surface area contributed by atoms with Crippen molar-refractivity contribution < 1.29 is 78.7 Å². The Balaban J connectivity index is 0.937. The molecule has 9 aliphatic rings. The molecule has 4 aliphatic carbocycles. The van der Waals surface area contributed by atoms with Crippen LogP contribution in [0.15, 0.2) is 11.6 Å². The Kier molecular flexibility index (Phi) is 12.4. The van der Waals surface area contributed by atoms with Crippen LogP contribution in [-0.2, 0) is 37.9 Å². The molecule has 0 radical (unpaired) electrons. The maximum absolute atomic E-state index is 11.6. The third-order valence-electron chi connectivity index (χ3n) is 17.6. The molecule has 16 nitrogen and oxygen atoms in total. The van der Waals surface area contributed by atoms with E-state index in [9.17, 15) is 40.9 Å². The second kappa shape index (κ2) is 16.8. The lowest BCUT2D eigenvalue weighted by atomic mass is 9.47. The summed E-state index contributed by atoms with van der Waals surface area (Å²) in [6, 6.07) is 0. The maximum atomic E-state index is 11.6. The lowest BCUT2D eigenvalue weighted by Crippen LogP contribution is -2.67. The number of aliphatic hydroxyl groups excluding tert-OH is 8. The van der Waals surface area contributed by atoms with Gasteiger partial charge in [0, 0.05) is 12.3 Å². The molecule has 26 atom stereocenters. The van der Waals surface area contributed by atoms with Gasteiger partial charge >= 0.3 is 0 Å². The lowest BCUT2D eigenvalue weighted by Gasteiger charge is -2.59. The number of aliphatic hydroxyl groups is 8. The third-order valence-corrected chi connectivity index (χ3v) is 17.6. The van der Waals surface area contributed by atoms with Crippen LogP contribution in [0.2, 0.25) is 0 Å². The molecule has 3 saturated carbocycles. The Bertz CT molecular complexity index is 1590. The largest absolute Gasteiger partial charge is 0.394 e. The monoisotopic (exact) mass is 868 g/mol. The van der Waals surface area contributed by atoms with Crippen molar-refractivity contribution >= 4 is 0 Å². The number of allylic oxidation sites excluding steroid dienone is 1. The number of hydrogen-bond donors (Lipinski definition) is 8. The fourth-order valence-corrected chi connectivity index (χ4v) is 14.0. The van der Waals surface area contributed by atoms with E-state index in [-0.39, 0.29) is 23.0 Å². The van der Waals surface area contributed by atoms with Gasteiger partial charge in [-0.15, -0.1) is 0 Å². The van der Waals surface area contributed by atoms with Crippen molar-refractivity contribution in [2.24, 2.45) is 46.3 Å². The van der Waals surface area contributed by atoms with Crippen molar-refractivity contribution in [2.45, 2.75) is 209 Å². The summed E-state index contributed by atoms with van der Waals surface area (Å²) in [5.74, 6) is 2.61. The van der Waals surface area contributed by atoms with Crippen molar-refractivity contribution in [1.29, 1.82) is 0 Å². The predicted molar refractivity (Wildman–Crippen MR) is 213 cm³/mol. The summed E-state index contributed by atoms with van der Waals surface area (Å²) in [5.41, 5.74) is 1.51. The first-order chi connectivity index (χ1) is 28.9. The van der Waals surface area contributed by atoms with Gasteiger partial charge in [0.1, 0.15) is 61.0 Å². The van der Waals surface area contributed by atoms with Crippen LogP contribution < -0.4 is 0 Å². The second-order valence-electron chi connectivity index (χ2n) is 21.1. The number of hydrogen-bond acceptors (Lipinski definition) is 16. The summed E-state index contributed by atoms with van der Waals surface area (Å²) >= 11 is 0. The number of fused-ring (bicyclic) bond motifs is 7. The highest BCUT2D eigenvalue weighted by Crippen LogP contribution is 2.70. The van der Waals surface area contributed by atoms with Gasteiger partial charge in [-0.25, -0.2) is 0 Å². The molecule has 0 bridgehead atoms. The van der Waals surface area contributed by atoms with E-state index in [0.29, 0.717) is 48.3 Å². The van der Waals surface area contributed by atoms with Gasteiger partial charge in [0.05, 0.1) is 37.6 Å². The van der Waals surface area contributed by atoms with Crippen molar-refractivity contribution in [3.8, 4) is 0 Å². The first kappa shape index (κ1) is 45.3. The predicted octanol–water partition coefficient (Wildman–Crippen LogP) is 1.24. The molecule has 9 rings (SSSR count). The van der Waals surface area contributed by atoms with Gasteiger partial charge in [-0.2, -0.15) is 0 Å². The fourth-order valence-electron chi connectivity index (χ4n) is 14.0. The van der Waals surface area contributed by atoms with Gasteiger partial charge in [-0.05, 0) is 106 Å². The van der Waals surface area contributed by atoms with E-state index in [0.717, 1.165) is 51.6 Å². The van der Waals surface area contributed by atoms with Crippen LogP contribution in [-0.4, -0.2) is 164 Å². The molecular formula is C45H72O16. The summed E-state index contributed by atoms with van der Waals surface area (Å²) < 4.78 is 50.5. The van der Waals surface area contributed by atoms with E-state index in [1.807, 2.05) is 0 Å². The molecule has 8 N–H and O–H groups in total. The van der Waals surface area contributed by atoms with Crippen LogP contribution in [0.4, 0.5) is 0 Å². The first-order valence-corrected chi connectivity index (χ1v) is 23.2. The minimum Gasteiger partial charge on any atom is -0.394 e. The van der Waals surface area contributed by atoms with Gasteiger partial charge in [0.25, 0.3) is 0 Å². The normalized spacial score (nSPS) is 58.4. The first-order valence-electron chi connectivity index (χ1n) is 23.2. The van der Waals surface area contributed by atoms with E-state index in [1.165, 1.54) is 19.4 Å². The highest BCUT2D eigenvalue weighted by atomic mass is 16.8. The van der Waals surface area contributed by atoms with Gasteiger partial charge in [0.15, 0.2) is 24.7 Å². The summed E-state index contributed by atoms with van der Waals surface area (Å²) in [6.45, 7) is 12.7.